The van der Waals surface area contributed by atoms with Crippen molar-refractivity contribution in [2.24, 2.45) is 0 Å². The van der Waals surface area contributed by atoms with E-state index in [-0.39, 0.29) is 12.1 Å². The highest BCUT2D eigenvalue weighted by atomic mass is 35.5. The fraction of sp³-hybridized carbons (Fsp3) is 0.324. The highest BCUT2D eigenvalue weighted by Crippen LogP contribution is 2.41. The number of carbonyl (C=O) groups is 1. The molecule has 9 heteroatoms. The van der Waals surface area contributed by atoms with Crippen LogP contribution in [0.15, 0.2) is 89.2 Å². The summed E-state index contributed by atoms with van der Waals surface area (Å²) in [5.41, 5.74) is 5.29. The van der Waals surface area contributed by atoms with Crippen LogP contribution in [0.2, 0.25) is 5.02 Å². The van der Waals surface area contributed by atoms with Crippen LogP contribution in [0.5, 0.6) is 5.75 Å². The van der Waals surface area contributed by atoms with Crippen LogP contribution in [0.4, 0.5) is 5.95 Å². The van der Waals surface area contributed by atoms with Crippen molar-refractivity contribution in [1.82, 2.24) is 14.8 Å². The zero-order chi connectivity index (χ0) is 29.8. The number of halogens is 1. The third kappa shape index (κ3) is 6.76. The third-order valence-corrected chi connectivity index (χ3v) is 9.18. The number of nitrogens with zero attached hydrogens (tertiary/aromatic N) is 3. The smallest absolute Gasteiger partial charge is 0.338 e. The molecule has 1 aliphatic heterocycles. The number of anilines is 1. The Kier molecular flexibility index (Phi) is 9.05. The summed E-state index contributed by atoms with van der Waals surface area (Å²) in [4.78, 5) is 18.7. The van der Waals surface area contributed by atoms with E-state index in [1.807, 2.05) is 55.5 Å². The summed E-state index contributed by atoms with van der Waals surface area (Å²) < 4.78 is 14.3. The van der Waals surface area contributed by atoms with Crippen molar-refractivity contribution in [1.29, 1.82) is 0 Å². The van der Waals surface area contributed by atoms with Crippen LogP contribution in [0.1, 0.15) is 67.3 Å². The highest BCUT2D eigenvalue weighted by Gasteiger charge is 2.38. The van der Waals surface area contributed by atoms with Gasteiger partial charge in [0, 0.05) is 22.0 Å². The third-order valence-electron chi connectivity index (χ3n) is 7.92. The number of thioether (sulfide) groups is 1. The molecular formula is C34H35ClN4O3S. The number of aryl methyl sites for hydroxylation is 1. The molecule has 4 aromatic rings. The average molecular weight is 615 g/mol. The Labute approximate surface area is 261 Å². The van der Waals surface area contributed by atoms with Gasteiger partial charge < -0.3 is 14.8 Å². The van der Waals surface area contributed by atoms with Gasteiger partial charge in [-0.25, -0.2) is 9.48 Å². The van der Waals surface area contributed by atoms with Crippen LogP contribution in [0.3, 0.4) is 0 Å². The predicted molar refractivity (Wildman–Crippen MR) is 170 cm³/mol. The molecule has 1 fully saturated rings. The monoisotopic (exact) mass is 614 g/mol. The van der Waals surface area contributed by atoms with Gasteiger partial charge in [-0.1, -0.05) is 96.0 Å². The number of aromatic nitrogens is 3. The van der Waals surface area contributed by atoms with E-state index in [4.69, 9.17) is 31.2 Å². The maximum atomic E-state index is 13.9. The molecule has 1 N–H and O–H groups in total. The van der Waals surface area contributed by atoms with Crippen molar-refractivity contribution in [3.63, 3.8) is 0 Å². The number of nitrogens with one attached hydrogen (secondary N) is 1. The second-order valence-corrected chi connectivity index (χ2v) is 12.4. The summed E-state index contributed by atoms with van der Waals surface area (Å²) in [6.07, 6.45) is 5.05. The number of carbonyl (C=O) groups excluding carboxylic acids is 1. The second kappa shape index (κ2) is 13.3. The Morgan fingerprint density at radius 2 is 1.74 bits per heavy atom. The summed E-state index contributed by atoms with van der Waals surface area (Å²) >= 11 is 7.90. The van der Waals surface area contributed by atoms with Gasteiger partial charge >= 0.3 is 5.97 Å². The number of para-hydroxylation sites is 1. The number of benzene rings is 3. The molecule has 222 valence electrons. The van der Waals surface area contributed by atoms with E-state index in [1.54, 1.807) is 4.68 Å². The maximum Gasteiger partial charge on any atom is 0.338 e. The molecule has 43 heavy (non-hydrogen) atoms. The van der Waals surface area contributed by atoms with E-state index in [0.29, 0.717) is 45.5 Å². The normalized spacial score (nSPS) is 16.9. The topological polar surface area (TPSA) is 78.3 Å². The Morgan fingerprint density at radius 1 is 1.00 bits per heavy atom. The van der Waals surface area contributed by atoms with Crippen LogP contribution in [0, 0.1) is 6.92 Å². The van der Waals surface area contributed by atoms with E-state index in [1.165, 1.54) is 23.7 Å². The Hall–Kier alpha value is -3.75. The van der Waals surface area contributed by atoms with E-state index in [2.05, 4.69) is 36.5 Å². The fourth-order valence-corrected chi connectivity index (χ4v) is 6.70. The van der Waals surface area contributed by atoms with Gasteiger partial charge in [-0.3, -0.25) is 0 Å². The number of hydrogen-bond acceptors (Lipinski definition) is 7. The van der Waals surface area contributed by atoms with E-state index < -0.39 is 6.04 Å². The first-order chi connectivity index (χ1) is 21.0. The molecule has 1 atom stereocenters. The van der Waals surface area contributed by atoms with Gasteiger partial charge in [0.05, 0.1) is 5.57 Å². The molecule has 1 aliphatic carbocycles. The minimum Gasteiger partial charge on any atom is -0.489 e. The van der Waals surface area contributed by atoms with Crippen molar-refractivity contribution in [3.8, 4) is 5.75 Å². The number of rotatable bonds is 9. The molecule has 0 bridgehead atoms. The molecular weight excluding hydrogens is 580 g/mol. The Balaban J connectivity index is 1.34. The lowest BCUT2D eigenvalue weighted by Gasteiger charge is -2.30. The van der Waals surface area contributed by atoms with E-state index >= 15 is 0 Å². The minimum atomic E-state index is -0.580. The minimum absolute atomic E-state index is 0.0749. The van der Waals surface area contributed by atoms with Gasteiger partial charge in [0.15, 0.2) is 0 Å². The maximum absolute atomic E-state index is 13.9. The summed E-state index contributed by atoms with van der Waals surface area (Å²) in [5, 5.41) is 9.52. The quantitative estimate of drug-likeness (QED) is 0.150. The van der Waals surface area contributed by atoms with Crippen LogP contribution < -0.4 is 10.1 Å². The molecule has 2 heterocycles. The molecule has 6 rings (SSSR count). The first-order valence-electron chi connectivity index (χ1n) is 14.7. The van der Waals surface area contributed by atoms with Crippen LogP contribution in [-0.2, 0) is 21.9 Å². The first kappa shape index (κ1) is 29.3. The zero-order valence-corrected chi connectivity index (χ0v) is 26.0. The largest absolute Gasteiger partial charge is 0.489 e. The number of ether oxygens (including phenoxy) is 2. The van der Waals surface area contributed by atoms with Crippen molar-refractivity contribution in [2.75, 3.05) is 5.32 Å². The van der Waals surface area contributed by atoms with Crippen LogP contribution in [-0.4, -0.2) is 26.8 Å². The van der Waals surface area contributed by atoms with Gasteiger partial charge in [0.2, 0.25) is 11.1 Å². The number of hydrogen-bond donors (Lipinski definition) is 1. The number of esters is 1. The van der Waals surface area contributed by atoms with Gasteiger partial charge in [-0.2, -0.15) is 4.98 Å². The second-order valence-electron chi connectivity index (χ2n) is 11.1. The van der Waals surface area contributed by atoms with Gasteiger partial charge in [-0.15, -0.1) is 5.10 Å². The van der Waals surface area contributed by atoms with Gasteiger partial charge in [-0.05, 0) is 62.8 Å². The molecule has 1 saturated carbocycles. The Bertz CT molecular complexity index is 1630. The number of allylic oxidation sites excluding steroid dienone is 1. The first-order valence-corrected chi connectivity index (χ1v) is 16.1. The molecule has 0 amide bonds. The highest BCUT2D eigenvalue weighted by molar-refractivity contribution is 7.98. The molecule has 0 spiro atoms. The van der Waals surface area contributed by atoms with Crippen molar-refractivity contribution in [3.05, 3.63) is 111 Å². The Morgan fingerprint density at radius 3 is 2.53 bits per heavy atom. The van der Waals surface area contributed by atoms with Crippen molar-refractivity contribution >= 4 is 35.3 Å². The van der Waals surface area contributed by atoms with Crippen LogP contribution >= 0.6 is 23.4 Å². The van der Waals surface area contributed by atoms with Gasteiger partial charge in [0.1, 0.15) is 24.5 Å². The molecule has 3 aromatic carbocycles. The predicted octanol–water partition coefficient (Wildman–Crippen LogP) is 8.28. The lowest BCUT2D eigenvalue weighted by Crippen LogP contribution is -2.32. The summed E-state index contributed by atoms with van der Waals surface area (Å²) in [5.74, 6) is 1.53. The zero-order valence-electron chi connectivity index (χ0n) is 24.4. The molecule has 1 aromatic heterocycles. The SMILES string of the molecule is CC1=C(C(=O)OC2CCCCC2)C(c2ccccc2OCc2ccc(C)cc2)n2nc(SCc3ccccc3Cl)nc2N1. The molecule has 0 saturated heterocycles. The fourth-order valence-electron chi connectivity index (χ4n) is 5.58. The van der Waals surface area contributed by atoms with E-state index in [9.17, 15) is 4.79 Å². The summed E-state index contributed by atoms with van der Waals surface area (Å²) in [6, 6.07) is 23.3. The average Bonchev–Trinajstić information content (AvgIpc) is 3.42. The van der Waals surface area contributed by atoms with E-state index in [0.717, 1.165) is 42.4 Å². The number of fused-ring (bicyclic) bond motifs is 1. The van der Waals surface area contributed by atoms with Crippen molar-refractivity contribution in [2.45, 2.75) is 75.6 Å². The lowest BCUT2D eigenvalue weighted by molar-refractivity contribution is -0.146. The summed E-state index contributed by atoms with van der Waals surface area (Å²) in [7, 11) is 0. The van der Waals surface area contributed by atoms with Crippen molar-refractivity contribution < 1.29 is 14.3 Å². The molecule has 0 radical (unpaired) electrons. The molecule has 7 nitrogen and oxygen atoms in total. The van der Waals surface area contributed by atoms with Crippen LogP contribution in [0.25, 0.3) is 0 Å². The van der Waals surface area contributed by atoms with Gasteiger partial charge in [0.25, 0.3) is 0 Å². The lowest BCUT2D eigenvalue weighted by atomic mass is 9.94. The summed E-state index contributed by atoms with van der Waals surface area (Å²) in [6.45, 7) is 4.36. The molecule has 2 aliphatic rings. The molecule has 1 unspecified atom stereocenters. The standard InChI is InChI=1S/C34H35ClN4O3S/c1-22-16-18-24(19-17-22)20-41-29-15-9-7-13-27(29)31-30(32(40)42-26-11-4-3-5-12-26)23(2)36-33-37-34(38-39(31)33)43-21-25-10-6-8-14-28(25)35/h6-10,13-19,26,31H,3-5,11-12,20-21H2,1-2H3,(H,36,37,38).